The Hall–Kier alpha value is -3.67. The van der Waals surface area contributed by atoms with Gasteiger partial charge in [0.25, 0.3) is 0 Å². The highest BCUT2D eigenvalue weighted by atomic mass is 16.4. The minimum Gasteiger partial charge on any atom is -0.478 e. The number of fused-ring (bicyclic) bond motifs is 1. The van der Waals surface area contributed by atoms with E-state index in [4.69, 9.17) is 9.52 Å². The maximum absolute atomic E-state index is 11.2. The van der Waals surface area contributed by atoms with Gasteiger partial charge in [0, 0.05) is 16.9 Å². The summed E-state index contributed by atoms with van der Waals surface area (Å²) in [6.07, 6.45) is 2.39. The Morgan fingerprint density at radius 3 is 2.61 bits per heavy atom. The maximum Gasteiger partial charge on any atom is 0.335 e. The Morgan fingerprint density at radius 1 is 1.11 bits per heavy atom. The zero-order chi connectivity index (χ0) is 19.7. The summed E-state index contributed by atoms with van der Waals surface area (Å²) < 4.78 is 5.44. The summed E-state index contributed by atoms with van der Waals surface area (Å²) in [5.74, 6) is 0.962. The second kappa shape index (κ2) is 7.15. The molecule has 140 valence electrons. The number of rotatable bonds is 5. The van der Waals surface area contributed by atoms with E-state index in [0.717, 1.165) is 40.0 Å². The fourth-order valence-corrected chi connectivity index (χ4v) is 3.23. The van der Waals surface area contributed by atoms with E-state index in [1.165, 1.54) is 0 Å². The van der Waals surface area contributed by atoms with Crippen molar-refractivity contribution in [2.75, 3.05) is 5.32 Å². The summed E-state index contributed by atoms with van der Waals surface area (Å²) in [6.45, 7) is 4.03. The molecule has 0 aliphatic carbocycles. The molecule has 0 fully saturated rings. The number of nitrogens with one attached hydrogen (secondary N) is 1. The van der Waals surface area contributed by atoms with E-state index in [1.54, 1.807) is 18.4 Å². The van der Waals surface area contributed by atoms with Gasteiger partial charge >= 0.3 is 5.97 Å². The molecule has 2 aromatic carbocycles. The first kappa shape index (κ1) is 17.7. The van der Waals surface area contributed by atoms with E-state index in [-0.39, 0.29) is 5.56 Å². The number of carboxylic acids is 1. The highest BCUT2D eigenvalue weighted by Crippen LogP contribution is 2.28. The molecule has 0 amide bonds. The van der Waals surface area contributed by atoms with Gasteiger partial charge in [-0.05, 0) is 60.5 Å². The van der Waals surface area contributed by atoms with Gasteiger partial charge in [-0.2, -0.15) is 0 Å². The SMILES string of the molecule is CCc1c(C)nc(-c2ccco2)nc1Nc1ccc2cc(C(=O)O)ccc2c1. The van der Waals surface area contributed by atoms with Crippen LogP contribution >= 0.6 is 0 Å². The molecule has 0 saturated heterocycles. The Bertz CT molecular complexity index is 1170. The molecule has 0 atom stereocenters. The summed E-state index contributed by atoms with van der Waals surface area (Å²) in [6, 6.07) is 14.5. The summed E-state index contributed by atoms with van der Waals surface area (Å²) in [4.78, 5) is 20.4. The van der Waals surface area contributed by atoms with Gasteiger partial charge in [0.05, 0.1) is 11.8 Å². The average molecular weight is 373 g/mol. The average Bonchev–Trinajstić information content (AvgIpc) is 3.22. The topological polar surface area (TPSA) is 88.3 Å². The number of furan rings is 1. The molecule has 4 rings (SSSR count). The van der Waals surface area contributed by atoms with Crippen LogP contribution in [0.1, 0.15) is 28.5 Å². The van der Waals surface area contributed by atoms with Crippen LogP contribution in [0, 0.1) is 6.92 Å². The number of benzene rings is 2. The lowest BCUT2D eigenvalue weighted by atomic mass is 10.1. The summed E-state index contributed by atoms with van der Waals surface area (Å²) in [7, 11) is 0. The fourth-order valence-electron chi connectivity index (χ4n) is 3.23. The van der Waals surface area contributed by atoms with Crippen molar-refractivity contribution in [3.05, 3.63) is 71.6 Å². The van der Waals surface area contributed by atoms with Crippen molar-refractivity contribution in [1.82, 2.24) is 9.97 Å². The normalized spacial score (nSPS) is 10.9. The van der Waals surface area contributed by atoms with Gasteiger partial charge in [-0.1, -0.05) is 19.1 Å². The van der Waals surface area contributed by atoms with Crippen LogP contribution in [0.5, 0.6) is 0 Å². The van der Waals surface area contributed by atoms with Crippen LogP contribution in [-0.4, -0.2) is 21.0 Å². The van der Waals surface area contributed by atoms with Gasteiger partial charge in [0.15, 0.2) is 11.6 Å². The monoisotopic (exact) mass is 373 g/mol. The molecule has 28 heavy (non-hydrogen) atoms. The fraction of sp³-hybridized carbons (Fsp3) is 0.136. The lowest BCUT2D eigenvalue weighted by molar-refractivity contribution is 0.0697. The molecular weight excluding hydrogens is 354 g/mol. The number of hydrogen-bond acceptors (Lipinski definition) is 5. The molecule has 6 heteroatoms. The Balaban J connectivity index is 1.73. The first-order valence-corrected chi connectivity index (χ1v) is 9.00. The van der Waals surface area contributed by atoms with E-state index in [9.17, 15) is 4.79 Å². The lowest BCUT2D eigenvalue weighted by Gasteiger charge is -2.14. The molecule has 6 nitrogen and oxygen atoms in total. The van der Waals surface area contributed by atoms with Crippen LogP contribution in [0.25, 0.3) is 22.4 Å². The smallest absolute Gasteiger partial charge is 0.335 e. The van der Waals surface area contributed by atoms with E-state index < -0.39 is 5.97 Å². The van der Waals surface area contributed by atoms with Crippen LogP contribution in [0.15, 0.2) is 59.2 Å². The minimum atomic E-state index is -0.932. The number of carboxylic acid groups (broad SMARTS) is 1. The molecule has 0 saturated carbocycles. The second-order valence-electron chi connectivity index (χ2n) is 6.50. The minimum absolute atomic E-state index is 0.274. The number of anilines is 2. The number of hydrogen-bond donors (Lipinski definition) is 2. The standard InChI is InChI=1S/C22H19N3O3/c1-3-18-13(2)23-21(19-5-4-10-28-19)25-20(18)24-17-9-8-14-11-16(22(26)27)7-6-15(14)12-17/h4-12H,3H2,1-2H3,(H,26,27)(H,23,24,25). The zero-order valence-electron chi connectivity index (χ0n) is 15.6. The molecule has 0 aliphatic heterocycles. The third kappa shape index (κ3) is 3.32. The number of nitrogens with zero attached hydrogens (tertiary/aromatic N) is 2. The molecule has 2 aromatic heterocycles. The van der Waals surface area contributed by atoms with Crippen LogP contribution in [-0.2, 0) is 6.42 Å². The zero-order valence-corrected chi connectivity index (χ0v) is 15.6. The number of aromatic nitrogens is 2. The quantitative estimate of drug-likeness (QED) is 0.500. The second-order valence-corrected chi connectivity index (χ2v) is 6.50. The lowest BCUT2D eigenvalue weighted by Crippen LogP contribution is -2.05. The predicted molar refractivity (Wildman–Crippen MR) is 108 cm³/mol. The maximum atomic E-state index is 11.2. The Labute approximate surface area is 161 Å². The van der Waals surface area contributed by atoms with Gasteiger partial charge in [0.2, 0.25) is 0 Å². The van der Waals surface area contributed by atoms with Crippen molar-refractivity contribution in [3.8, 4) is 11.6 Å². The number of aromatic carboxylic acids is 1. The highest BCUT2D eigenvalue weighted by molar-refractivity contribution is 5.95. The molecule has 2 N–H and O–H groups in total. The van der Waals surface area contributed by atoms with Gasteiger partial charge in [-0.15, -0.1) is 0 Å². The number of aryl methyl sites for hydroxylation is 1. The van der Waals surface area contributed by atoms with Gasteiger partial charge in [-0.25, -0.2) is 14.8 Å². The molecule has 2 heterocycles. The van der Waals surface area contributed by atoms with Gasteiger partial charge in [-0.3, -0.25) is 0 Å². The Kier molecular flexibility index (Phi) is 4.53. The van der Waals surface area contributed by atoms with Crippen molar-refractivity contribution in [1.29, 1.82) is 0 Å². The Morgan fingerprint density at radius 2 is 1.89 bits per heavy atom. The van der Waals surface area contributed by atoms with Crippen LogP contribution in [0.2, 0.25) is 0 Å². The van der Waals surface area contributed by atoms with Gasteiger partial charge < -0.3 is 14.8 Å². The predicted octanol–water partition coefficient (Wildman–Crippen LogP) is 5.20. The van der Waals surface area contributed by atoms with Crippen molar-refractivity contribution in [2.45, 2.75) is 20.3 Å². The summed E-state index contributed by atoms with van der Waals surface area (Å²) in [5.41, 5.74) is 3.08. The van der Waals surface area contributed by atoms with E-state index in [1.807, 2.05) is 43.3 Å². The van der Waals surface area contributed by atoms with Crippen LogP contribution < -0.4 is 5.32 Å². The molecule has 0 bridgehead atoms. The van der Waals surface area contributed by atoms with Crippen LogP contribution in [0.4, 0.5) is 11.5 Å². The van der Waals surface area contributed by atoms with Crippen molar-refractivity contribution in [2.24, 2.45) is 0 Å². The molecule has 4 aromatic rings. The van der Waals surface area contributed by atoms with Crippen molar-refractivity contribution >= 4 is 28.2 Å². The van der Waals surface area contributed by atoms with Crippen molar-refractivity contribution < 1.29 is 14.3 Å². The molecule has 0 aliphatic rings. The first-order valence-electron chi connectivity index (χ1n) is 9.00. The molecule has 0 unspecified atom stereocenters. The van der Waals surface area contributed by atoms with E-state index >= 15 is 0 Å². The summed E-state index contributed by atoms with van der Waals surface area (Å²) >= 11 is 0. The van der Waals surface area contributed by atoms with Gasteiger partial charge in [0.1, 0.15) is 5.82 Å². The molecule has 0 spiro atoms. The molecule has 0 radical (unpaired) electrons. The van der Waals surface area contributed by atoms with Crippen LogP contribution in [0.3, 0.4) is 0 Å². The summed E-state index contributed by atoms with van der Waals surface area (Å²) in [5, 5.41) is 14.4. The molecular formula is C22H19N3O3. The first-order chi connectivity index (χ1) is 13.5. The van der Waals surface area contributed by atoms with E-state index in [2.05, 4.69) is 22.2 Å². The third-order valence-electron chi connectivity index (χ3n) is 4.66. The largest absolute Gasteiger partial charge is 0.478 e. The van der Waals surface area contributed by atoms with E-state index in [0.29, 0.717) is 11.6 Å². The highest BCUT2D eigenvalue weighted by Gasteiger charge is 2.14. The third-order valence-corrected chi connectivity index (χ3v) is 4.66. The number of carbonyl (C=O) groups is 1. The van der Waals surface area contributed by atoms with Crippen molar-refractivity contribution in [3.63, 3.8) is 0 Å².